The van der Waals surface area contributed by atoms with Crippen LogP contribution >= 0.6 is 11.8 Å². The zero-order valence-electron chi connectivity index (χ0n) is 10.8. The molecule has 3 rings (SSSR count). The molecule has 1 aromatic heterocycles. The van der Waals surface area contributed by atoms with Gasteiger partial charge in [-0.2, -0.15) is 5.10 Å². The molecule has 0 spiro atoms. The van der Waals surface area contributed by atoms with Crippen molar-refractivity contribution in [2.45, 2.75) is 18.7 Å². The molecule has 0 amide bonds. The van der Waals surface area contributed by atoms with E-state index in [1.807, 2.05) is 23.1 Å². The molecule has 1 aliphatic rings. The van der Waals surface area contributed by atoms with Crippen LogP contribution in [0.3, 0.4) is 0 Å². The molecular formula is C14H16N4S. The highest BCUT2D eigenvalue weighted by molar-refractivity contribution is 8.14. The van der Waals surface area contributed by atoms with Gasteiger partial charge in [0.25, 0.3) is 0 Å². The summed E-state index contributed by atoms with van der Waals surface area (Å²) in [4.78, 5) is 4.56. The van der Waals surface area contributed by atoms with Crippen LogP contribution in [0.15, 0.2) is 47.7 Å². The molecule has 5 heteroatoms. The van der Waals surface area contributed by atoms with Gasteiger partial charge in [0.05, 0.1) is 23.7 Å². The number of thioether (sulfide) groups is 1. The molecule has 2 aromatic rings. The third kappa shape index (κ3) is 2.81. The summed E-state index contributed by atoms with van der Waals surface area (Å²) in [5.41, 5.74) is 2.33. The van der Waals surface area contributed by atoms with Crippen molar-refractivity contribution in [3.63, 3.8) is 0 Å². The van der Waals surface area contributed by atoms with Gasteiger partial charge in [0.15, 0.2) is 5.17 Å². The van der Waals surface area contributed by atoms with Crippen molar-refractivity contribution in [3.8, 4) is 0 Å². The van der Waals surface area contributed by atoms with E-state index in [4.69, 9.17) is 0 Å². The average Bonchev–Trinajstić information content (AvgIpc) is 3.09. The van der Waals surface area contributed by atoms with Crippen LogP contribution in [0.25, 0.3) is 0 Å². The number of nitrogens with one attached hydrogen (secondary N) is 1. The summed E-state index contributed by atoms with van der Waals surface area (Å²) in [6, 6.07) is 10.5. The fourth-order valence-electron chi connectivity index (χ4n) is 2.01. The molecule has 1 unspecified atom stereocenters. The van der Waals surface area contributed by atoms with E-state index >= 15 is 0 Å². The number of anilines is 1. The molecule has 0 saturated carbocycles. The van der Waals surface area contributed by atoms with Gasteiger partial charge in [0.2, 0.25) is 0 Å². The highest BCUT2D eigenvalue weighted by atomic mass is 32.2. The summed E-state index contributed by atoms with van der Waals surface area (Å²) in [5.74, 6) is 0. The van der Waals surface area contributed by atoms with Crippen molar-refractivity contribution in [2.24, 2.45) is 4.99 Å². The molecule has 1 N–H and O–H groups in total. The second-order valence-corrected chi connectivity index (χ2v) is 5.56. The molecule has 98 valence electrons. The highest BCUT2D eigenvalue weighted by Gasteiger charge is 2.21. The summed E-state index contributed by atoms with van der Waals surface area (Å²) in [5, 5.41) is 8.97. The number of benzene rings is 1. The Morgan fingerprint density at radius 3 is 2.95 bits per heavy atom. The first-order valence-corrected chi connectivity index (χ1v) is 7.28. The fourth-order valence-corrected chi connectivity index (χ4v) is 3.05. The second-order valence-electron chi connectivity index (χ2n) is 4.37. The van der Waals surface area contributed by atoms with E-state index in [2.05, 4.69) is 46.6 Å². The number of aryl methyl sites for hydroxylation is 1. The number of amidine groups is 1. The largest absolute Gasteiger partial charge is 0.332 e. The van der Waals surface area contributed by atoms with E-state index in [-0.39, 0.29) is 0 Å². The molecule has 0 radical (unpaired) electrons. The normalized spacial score (nSPS) is 18.4. The lowest BCUT2D eigenvalue weighted by Crippen LogP contribution is -2.04. The van der Waals surface area contributed by atoms with Crippen LogP contribution in [0.5, 0.6) is 0 Å². The zero-order valence-corrected chi connectivity index (χ0v) is 11.6. The van der Waals surface area contributed by atoms with Gasteiger partial charge in [-0.15, -0.1) is 0 Å². The predicted octanol–water partition coefficient (Wildman–Crippen LogP) is 3.16. The number of aromatic nitrogens is 2. The van der Waals surface area contributed by atoms with Crippen LogP contribution in [0.2, 0.25) is 0 Å². The molecule has 0 saturated heterocycles. The maximum atomic E-state index is 4.56. The van der Waals surface area contributed by atoms with E-state index in [1.54, 1.807) is 11.8 Å². The monoisotopic (exact) mass is 272 g/mol. The van der Waals surface area contributed by atoms with Crippen LogP contribution in [0, 0.1) is 0 Å². The average molecular weight is 272 g/mol. The lowest BCUT2D eigenvalue weighted by molar-refractivity contribution is 0.660. The maximum absolute atomic E-state index is 4.56. The lowest BCUT2D eigenvalue weighted by Gasteiger charge is -2.08. The SMILES string of the molecule is CCn1cc(NC2=NCC(c3ccccc3)S2)cn1. The quantitative estimate of drug-likeness (QED) is 0.933. The first kappa shape index (κ1) is 12.3. The Morgan fingerprint density at radius 2 is 2.21 bits per heavy atom. The molecule has 0 bridgehead atoms. The topological polar surface area (TPSA) is 42.2 Å². The van der Waals surface area contributed by atoms with Gasteiger partial charge in [-0.3, -0.25) is 9.67 Å². The van der Waals surface area contributed by atoms with Crippen molar-refractivity contribution in [3.05, 3.63) is 48.3 Å². The minimum atomic E-state index is 0.421. The van der Waals surface area contributed by atoms with E-state index in [1.165, 1.54) is 5.56 Å². The standard InChI is InChI=1S/C14H16N4S/c1-2-18-10-12(8-16-18)17-14-15-9-13(19-14)11-6-4-3-5-7-11/h3-8,10,13H,2,9H2,1H3,(H,15,17). The third-order valence-corrected chi connectivity index (χ3v) is 4.19. The molecule has 19 heavy (non-hydrogen) atoms. The van der Waals surface area contributed by atoms with Gasteiger partial charge in [0.1, 0.15) is 0 Å². The summed E-state index contributed by atoms with van der Waals surface area (Å²) in [7, 11) is 0. The van der Waals surface area contributed by atoms with Crippen LogP contribution in [-0.2, 0) is 6.54 Å². The van der Waals surface area contributed by atoms with Crippen molar-refractivity contribution in [1.82, 2.24) is 9.78 Å². The van der Waals surface area contributed by atoms with Crippen molar-refractivity contribution in [2.75, 3.05) is 11.9 Å². The van der Waals surface area contributed by atoms with Crippen LogP contribution in [0.1, 0.15) is 17.7 Å². The van der Waals surface area contributed by atoms with Gasteiger partial charge in [0, 0.05) is 12.7 Å². The van der Waals surface area contributed by atoms with Crippen molar-refractivity contribution < 1.29 is 0 Å². The fraction of sp³-hybridized carbons (Fsp3) is 0.286. The Kier molecular flexibility index (Phi) is 3.55. The lowest BCUT2D eigenvalue weighted by atomic mass is 10.1. The van der Waals surface area contributed by atoms with Crippen LogP contribution in [0.4, 0.5) is 5.69 Å². The van der Waals surface area contributed by atoms with Gasteiger partial charge in [-0.25, -0.2) is 0 Å². The second kappa shape index (κ2) is 5.48. The summed E-state index contributed by atoms with van der Waals surface area (Å²) in [6.07, 6.45) is 3.83. The summed E-state index contributed by atoms with van der Waals surface area (Å²) >= 11 is 1.78. The number of nitrogens with zero attached hydrogens (tertiary/aromatic N) is 3. The first-order valence-electron chi connectivity index (χ1n) is 6.40. The van der Waals surface area contributed by atoms with E-state index < -0.39 is 0 Å². The van der Waals surface area contributed by atoms with E-state index in [9.17, 15) is 0 Å². The smallest absolute Gasteiger partial charge is 0.161 e. The number of hydrogen-bond acceptors (Lipinski definition) is 4. The number of aliphatic imine (C=N–C) groups is 1. The number of rotatable bonds is 3. The third-order valence-electron chi connectivity index (χ3n) is 3.03. The molecule has 0 fully saturated rings. The Morgan fingerprint density at radius 1 is 1.37 bits per heavy atom. The van der Waals surface area contributed by atoms with E-state index in [0.717, 1.165) is 23.9 Å². The molecule has 1 aromatic carbocycles. The van der Waals surface area contributed by atoms with E-state index in [0.29, 0.717) is 5.25 Å². The minimum absolute atomic E-state index is 0.421. The van der Waals surface area contributed by atoms with Gasteiger partial charge in [-0.05, 0) is 12.5 Å². The van der Waals surface area contributed by atoms with Crippen molar-refractivity contribution >= 4 is 22.6 Å². The predicted molar refractivity (Wildman–Crippen MR) is 80.6 cm³/mol. The molecule has 1 aliphatic heterocycles. The Hall–Kier alpha value is -1.75. The Labute approximate surface area is 116 Å². The van der Waals surface area contributed by atoms with Crippen molar-refractivity contribution in [1.29, 1.82) is 0 Å². The minimum Gasteiger partial charge on any atom is -0.332 e. The molecule has 0 aliphatic carbocycles. The molecule has 4 nitrogen and oxygen atoms in total. The first-order chi connectivity index (χ1) is 9.35. The van der Waals surface area contributed by atoms with Gasteiger partial charge in [-0.1, -0.05) is 42.1 Å². The maximum Gasteiger partial charge on any atom is 0.161 e. The summed E-state index contributed by atoms with van der Waals surface area (Å²) < 4.78 is 1.90. The molecular weight excluding hydrogens is 256 g/mol. The number of hydrogen-bond donors (Lipinski definition) is 1. The molecule has 1 atom stereocenters. The Balaban J connectivity index is 1.62. The molecule has 2 heterocycles. The highest BCUT2D eigenvalue weighted by Crippen LogP contribution is 2.35. The Bertz CT molecular complexity index is 576. The van der Waals surface area contributed by atoms with Gasteiger partial charge >= 0.3 is 0 Å². The van der Waals surface area contributed by atoms with Gasteiger partial charge < -0.3 is 5.32 Å². The van der Waals surface area contributed by atoms with Crippen LogP contribution < -0.4 is 5.32 Å². The van der Waals surface area contributed by atoms with Crippen LogP contribution in [-0.4, -0.2) is 21.5 Å². The zero-order chi connectivity index (χ0) is 13.1. The summed E-state index contributed by atoms with van der Waals surface area (Å²) in [6.45, 7) is 3.79.